The van der Waals surface area contributed by atoms with Crippen molar-refractivity contribution in [3.8, 4) is 11.5 Å². The highest BCUT2D eigenvalue weighted by Gasteiger charge is 2.25. The van der Waals surface area contributed by atoms with Crippen LogP contribution in [0.1, 0.15) is 29.9 Å². The van der Waals surface area contributed by atoms with Gasteiger partial charge in [0.15, 0.2) is 0 Å². The number of carbonyl (C=O) groups is 1. The molecule has 0 aliphatic heterocycles. The van der Waals surface area contributed by atoms with E-state index in [0.29, 0.717) is 17.1 Å². The number of nitrogens with zero attached hydrogens (tertiary/aromatic N) is 1. The number of pyridine rings is 1. The fraction of sp³-hybridized carbons (Fsp3) is 0.294. The molecule has 1 aromatic carbocycles. The molecule has 0 aliphatic rings. The fourth-order valence-electron chi connectivity index (χ4n) is 2.09. The van der Waals surface area contributed by atoms with Gasteiger partial charge in [-0.15, -0.1) is 0 Å². The van der Waals surface area contributed by atoms with Crippen molar-refractivity contribution in [1.29, 1.82) is 0 Å². The van der Waals surface area contributed by atoms with Crippen molar-refractivity contribution >= 4 is 5.91 Å². The van der Waals surface area contributed by atoms with Gasteiger partial charge in [-0.3, -0.25) is 9.78 Å². The van der Waals surface area contributed by atoms with Crippen LogP contribution in [0.15, 0.2) is 42.6 Å². The van der Waals surface area contributed by atoms with Gasteiger partial charge in [0, 0.05) is 17.8 Å². The van der Waals surface area contributed by atoms with Gasteiger partial charge in [0.05, 0.1) is 25.5 Å². The minimum absolute atomic E-state index is 0.215. The van der Waals surface area contributed by atoms with E-state index in [2.05, 4.69) is 10.3 Å². The Morgan fingerprint density at radius 1 is 1.09 bits per heavy atom. The molecule has 1 heterocycles. The van der Waals surface area contributed by atoms with E-state index in [1.165, 1.54) is 0 Å². The van der Waals surface area contributed by atoms with Crippen molar-refractivity contribution in [2.24, 2.45) is 0 Å². The molecule has 0 unspecified atom stereocenters. The van der Waals surface area contributed by atoms with Crippen LogP contribution in [0.5, 0.6) is 11.5 Å². The van der Waals surface area contributed by atoms with Crippen LogP contribution >= 0.6 is 0 Å². The summed E-state index contributed by atoms with van der Waals surface area (Å²) in [5, 5.41) is 2.98. The zero-order valence-corrected chi connectivity index (χ0v) is 13.2. The van der Waals surface area contributed by atoms with E-state index >= 15 is 0 Å². The summed E-state index contributed by atoms with van der Waals surface area (Å²) in [6.07, 6.45) is 1.71. The minimum Gasteiger partial charge on any atom is -0.497 e. The number of methoxy groups -OCH3 is 2. The molecule has 5 nitrogen and oxygen atoms in total. The first-order valence-corrected chi connectivity index (χ1v) is 6.93. The fourth-order valence-corrected chi connectivity index (χ4v) is 2.09. The molecule has 0 bridgehead atoms. The molecule has 5 heteroatoms. The van der Waals surface area contributed by atoms with Crippen molar-refractivity contribution in [2.45, 2.75) is 19.4 Å². The molecule has 1 N–H and O–H groups in total. The third-order valence-electron chi connectivity index (χ3n) is 3.34. The second-order valence-corrected chi connectivity index (χ2v) is 5.40. The molecule has 116 valence electrons. The second kappa shape index (κ2) is 6.47. The maximum absolute atomic E-state index is 12.5. The largest absolute Gasteiger partial charge is 0.497 e. The normalized spacial score (nSPS) is 10.9. The maximum atomic E-state index is 12.5. The average molecular weight is 300 g/mol. The molecule has 0 saturated heterocycles. The predicted octanol–water partition coefficient (Wildman–Crippen LogP) is 2.76. The Labute approximate surface area is 130 Å². The van der Waals surface area contributed by atoms with Crippen LogP contribution in [0.4, 0.5) is 0 Å². The number of amides is 1. The number of ether oxygens (including phenoxy) is 2. The lowest BCUT2D eigenvalue weighted by Crippen LogP contribution is -2.41. The SMILES string of the molecule is COc1cc(OC)cc(C(=O)NC(C)(C)c2ccccn2)c1. The highest BCUT2D eigenvalue weighted by atomic mass is 16.5. The molecule has 1 aromatic heterocycles. The highest BCUT2D eigenvalue weighted by molar-refractivity contribution is 5.95. The molecule has 2 rings (SSSR count). The summed E-state index contributed by atoms with van der Waals surface area (Å²) < 4.78 is 10.4. The van der Waals surface area contributed by atoms with Gasteiger partial charge >= 0.3 is 0 Å². The lowest BCUT2D eigenvalue weighted by Gasteiger charge is -2.25. The van der Waals surface area contributed by atoms with Crippen LogP contribution in [0.2, 0.25) is 0 Å². The molecule has 0 saturated carbocycles. The summed E-state index contributed by atoms with van der Waals surface area (Å²) in [7, 11) is 3.10. The summed E-state index contributed by atoms with van der Waals surface area (Å²) in [6.45, 7) is 3.81. The number of aromatic nitrogens is 1. The van der Waals surface area contributed by atoms with Crippen molar-refractivity contribution < 1.29 is 14.3 Å². The molecular formula is C17H20N2O3. The number of rotatable bonds is 5. The van der Waals surface area contributed by atoms with Crippen molar-refractivity contribution in [3.05, 3.63) is 53.9 Å². The first kappa shape index (κ1) is 15.8. The quantitative estimate of drug-likeness (QED) is 0.922. The Kier molecular flexibility index (Phi) is 4.65. The van der Waals surface area contributed by atoms with E-state index in [1.54, 1.807) is 38.6 Å². The Balaban J connectivity index is 2.25. The van der Waals surface area contributed by atoms with Gasteiger partial charge in [-0.1, -0.05) is 6.07 Å². The summed E-state index contributed by atoms with van der Waals surface area (Å²) in [5.41, 5.74) is 0.674. The zero-order valence-electron chi connectivity index (χ0n) is 13.2. The van der Waals surface area contributed by atoms with Crippen LogP contribution < -0.4 is 14.8 Å². The number of carbonyl (C=O) groups excluding carboxylic acids is 1. The number of hydrogen-bond acceptors (Lipinski definition) is 4. The lowest BCUT2D eigenvalue weighted by molar-refractivity contribution is 0.0909. The Morgan fingerprint density at radius 2 is 1.73 bits per heavy atom. The third-order valence-corrected chi connectivity index (χ3v) is 3.34. The number of nitrogens with one attached hydrogen (secondary N) is 1. The van der Waals surface area contributed by atoms with Crippen LogP contribution in [0.3, 0.4) is 0 Å². The van der Waals surface area contributed by atoms with Gasteiger partial charge < -0.3 is 14.8 Å². The Hall–Kier alpha value is -2.56. The van der Waals surface area contributed by atoms with Crippen molar-refractivity contribution in [3.63, 3.8) is 0 Å². The van der Waals surface area contributed by atoms with E-state index in [0.717, 1.165) is 5.69 Å². The molecule has 0 atom stereocenters. The summed E-state index contributed by atoms with van der Waals surface area (Å²) in [4.78, 5) is 16.8. The molecule has 0 radical (unpaired) electrons. The molecule has 22 heavy (non-hydrogen) atoms. The zero-order chi connectivity index (χ0) is 16.2. The smallest absolute Gasteiger partial charge is 0.252 e. The average Bonchev–Trinajstić information content (AvgIpc) is 2.54. The van der Waals surface area contributed by atoms with E-state index in [9.17, 15) is 4.79 Å². The number of benzene rings is 1. The van der Waals surface area contributed by atoms with Gasteiger partial charge in [-0.25, -0.2) is 0 Å². The van der Waals surface area contributed by atoms with E-state index in [-0.39, 0.29) is 5.91 Å². The van der Waals surface area contributed by atoms with Crippen LogP contribution in [0.25, 0.3) is 0 Å². The van der Waals surface area contributed by atoms with E-state index < -0.39 is 5.54 Å². The van der Waals surface area contributed by atoms with Crippen molar-refractivity contribution in [1.82, 2.24) is 10.3 Å². The predicted molar refractivity (Wildman–Crippen MR) is 84.3 cm³/mol. The van der Waals surface area contributed by atoms with Gasteiger partial charge in [-0.2, -0.15) is 0 Å². The van der Waals surface area contributed by atoms with Crippen molar-refractivity contribution in [2.75, 3.05) is 14.2 Å². The van der Waals surface area contributed by atoms with Gasteiger partial charge in [-0.05, 0) is 38.1 Å². The Bertz CT molecular complexity index is 632. The first-order chi connectivity index (χ1) is 10.5. The lowest BCUT2D eigenvalue weighted by atomic mass is 9.99. The summed E-state index contributed by atoms with van der Waals surface area (Å²) in [6, 6.07) is 10.7. The molecule has 0 aliphatic carbocycles. The second-order valence-electron chi connectivity index (χ2n) is 5.40. The topological polar surface area (TPSA) is 60.5 Å². The third kappa shape index (κ3) is 3.55. The molecule has 0 fully saturated rings. The standard InChI is InChI=1S/C17H20N2O3/c1-17(2,15-7-5-6-8-18-15)19-16(20)12-9-13(21-3)11-14(10-12)22-4/h5-11H,1-4H3,(H,19,20). The van der Waals surface area contributed by atoms with E-state index in [1.807, 2.05) is 32.0 Å². The van der Waals surface area contributed by atoms with Gasteiger partial charge in [0.2, 0.25) is 0 Å². The molecule has 1 amide bonds. The van der Waals surface area contributed by atoms with Crippen LogP contribution in [0, 0.1) is 0 Å². The monoisotopic (exact) mass is 300 g/mol. The van der Waals surface area contributed by atoms with Gasteiger partial charge in [0.25, 0.3) is 5.91 Å². The van der Waals surface area contributed by atoms with Crippen LogP contribution in [-0.2, 0) is 5.54 Å². The minimum atomic E-state index is -0.589. The molecule has 2 aromatic rings. The summed E-state index contributed by atoms with van der Waals surface area (Å²) >= 11 is 0. The Morgan fingerprint density at radius 3 is 2.23 bits per heavy atom. The first-order valence-electron chi connectivity index (χ1n) is 6.93. The summed E-state index contributed by atoms with van der Waals surface area (Å²) in [5.74, 6) is 0.924. The maximum Gasteiger partial charge on any atom is 0.252 e. The molecule has 0 spiro atoms. The van der Waals surface area contributed by atoms with Crippen LogP contribution in [-0.4, -0.2) is 25.1 Å². The molecular weight excluding hydrogens is 280 g/mol. The highest BCUT2D eigenvalue weighted by Crippen LogP contribution is 2.24. The van der Waals surface area contributed by atoms with Gasteiger partial charge in [0.1, 0.15) is 11.5 Å². The van der Waals surface area contributed by atoms with E-state index in [4.69, 9.17) is 9.47 Å². The number of hydrogen-bond donors (Lipinski definition) is 1.